The van der Waals surface area contributed by atoms with Crippen LogP contribution in [0, 0.1) is 12.7 Å². The van der Waals surface area contributed by atoms with Crippen LogP contribution in [-0.2, 0) is 4.79 Å². The van der Waals surface area contributed by atoms with Crippen molar-refractivity contribution in [1.29, 1.82) is 0 Å². The van der Waals surface area contributed by atoms with Crippen molar-refractivity contribution in [3.63, 3.8) is 0 Å². The number of aryl methyl sites for hydroxylation is 1. The molecule has 2 aromatic carbocycles. The molecule has 2 heterocycles. The smallest absolute Gasteiger partial charge is 0.280 e. The van der Waals surface area contributed by atoms with Gasteiger partial charge >= 0.3 is 0 Å². The Morgan fingerprint density at radius 2 is 1.87 bits per heavy atom. The van der Waals surface area contributed by atoms with Crippen molar-refractivity contribution in [3.8, 4) is 11.4 Å². The second-order valence-electron chi connectivity index (χ2n) is 6.77. The van der Waals surface area contributed by atoms with Crippen LogP contribution >= 0.6 is 11.6 Å². The maximum Gasteiger partial charge on any atom is 0.280 e. The Balaban J connectivity index is 1.93. The highest BCUT2D eigenvalue weighted by atomic mass is 35.5. The number of aromatic nitrogens is 3. The molecular formula is C21H16ClFN4O3. The first kappa shape index (κ1) is 19.7. The topological polar surface area (TPSA) is 88.9 Å². The number of aromatic amines is 1. The number of nitrogens with zero attached hydrogens (tertiary/aromatic N) is 2. The van der Waals surface area contributed by atoms with Crippen LogP contribution in [0.15, 0.2) is 58.1 Å². The maximum atomic E-state index is 13.5. The molecule has 4 aromatic rings. The average Bonchev–Trinajstić information content (AvgIpc) is 3.00. The molecule has 0 saturated heterocycles. The van der Waals surface area contributed by atoms with Gasteiger partial charge in [0.1, 0.15) is 5.82 Å². The predicted octanol–water partition coefficient (Wildman–Crippen LogP) is 3.53. The largest absolute Gasteiger partial charge is 0.326 e. The lowest BCUT2D eigenvalue weighted by atomic mass is 10.2. The molecule has 0 unspecified atom stereocenters. The Labute approximate surface area is 174 Å². The summed E-state index contributed by atoms with van der Waals surface area (Å²) in [6, 6.07) is 12.0. The van der Waals surface area contributed by atoms with E-state index in [-0.39, 0.29) is 16.5 Å². The molecule has 0 atom stereocenters. The summed E-state index contributed by atoms with van der Waals surface area (Å²) in [6.45, 7) is 3.05. The van der Waals surface area contributed by atoms with E-state index < -0.39 is 11.4 Å². The van der Waals surface area contributed by atoms with E-state index in [2.05, 4.69) is 10.4 Å². The number of fused-ring (bicyclic) bond motifs is 1. The number of nitrogens with one attached hydrogen (secondary N) is 2. The molecule has 0 saturated carbocycles. The lowest BCUT2D eigenvalue weighted by Crippen LogP contribution is -2.22. The van der Waals surface area contributed by atoms with E-state index in [1.807, 2.05) is 0 Å². The van der Waals surface area contributed by atoms with Crippen molar-refractivity contribution < 1.29 is 9.18 Å². The van der Waals surface area contributed by atoms with Gasteiger partial charge in [-0.3, -0.25) is 24.0 Å². The molecule has 2 aromatic heterocycles. The Morgan fingerprint density at radius 3 is 2.57 bits per heavy atom. The van der Waals surface area contributed by atoms with Crippen molar-refractivity contribution >= 4 is 34.1 Å². The normalized spacial score (nSPS) is 11.1. The van der Waals surface area contributed by atoms with Gasteiger partial charge in [-0.05, 0) is 43.3 Å². The van der Waals surface area contributed by atoms with Gasteiger partial charge in [0.25, 0.3) is 11.1 Å². The van der Waals surface area contributed by atoms with Crippen molar-refractivity contribution in [1.82, 2.24) is 14.3 Å². The summed E-state index contributed by atoms with van der Waals surface area (Å²) in [7, 11) is 0. The molecule has 0 fully saturated rings. The number of carbonyl (C=O) groups is 1. The summed E-state index contributed by atoms with van der Waals surface area (Å²) in [6.07, 6.45) is 0. The Morgan fingerprint density at radius 1 is 1.10 bits per heavy atom. The SMILES string of the molecule is CC(=O)Nc1cccc(-n2c(C)c3c(=O)n(-c4ccc(F)c(Cl)c4)[nH]c3cc2=O)c1. The number of pyridine rings is 1. The van der Waals surface area contributed by atoms with Crippen molar-refractivity contribution in [2.75, 3.05) is 5.32 Å². The summed E-state index contributed by atoms with van der Waals surface area (Å²) < 4.78 is 16.1. The number of H-pyrrole nitrogens is 1. The number of benzene rings is 2. The van der Waals surface area contributed by atoms with Crippen LogP contribution in [0.2, 0.25) is 5.02 Å². The minimum absolute atomic E-state index is 0.121. The minimum Gasteiger partial charge on any atom is -0.326 e. The molecule has 0 aliphatic rings. The monoisotopic (exact) mass is 426 g/mol. The molecule has 2 N–H and O–H groups in total. The van der Waals surface area contributed by atoms with Gasteiger partial charge in [0.05, 0.1) is 27.3 Å². The molecule has 0 bridgehead atoms. The van der Waals surface area contributed by atoms with E-state index in [1.54, 1.807) is 31.2 Å². The maximum absolute atomic E-state index is 13.5. The van der Waals surface area contributed by atoms with Crippen LogP contribution in [0.25, 0.3) is 22.3 Å². The first-order valence-corrected chi connectivity index (χ1v) is 9.35. The zero-order valence-electron chi connectivity index (χ0n) is 16.0. The number of rotatable bonds is 3. The molecular weight excluding hydrogens is 411 g/mol. The zero-order chi connectivity index (χ0) is 21.6. The molecule has 0 aliphatic heterocycles. The van der Waals surface area contributed by atoms with Crippen molar-refractivity contribution in [2.24, 2.45) is 0 Å². The van der Waals surface area contributed by atoms with Gasteiger partial charge in [-0.2, -0.15) is 0 Å². The summed E-state index contributed by atoms with van der Waals surface area (Å²) in [5, 5.41) is 5.73. The van der Waals surface area contributed by atoms with Crippen LogP contribution in [0.1, 0.15) is 12.6 Å². The van der Waals surface area contributed by atoms with Gasteiger partial charge in [-0.25, -0.2) is 9.07 Å². The lowest BCUT2D eigenvalue weighted by molar-refractivity contribution is -0.114. The summed E-state index contributed by atoms with van der Waals surface area (Å²) >= 11 is 5.84. The summed E-state index contributed by atoms with van der Waals surface area (Å²) in [5.41, 5.74) is 1.38. The van der Waals surface area contributed by atoms with E-state index in [4.69, 9.17) is 11.6 Å². The first-order chi connectivity index (χ1) is 14.3. The van der Waals surface area contributed by atoms with Crippen LogP contribution in [0.5, 0.6) is 0 Å². The molecule has 9 heteroatoms. The standard InChI is InChI=1S/C21H16ClFN4O3/c1-11-20-18(25-27(21(20)30)15-6-7-17(23)16(22)9-15)10-19(29)26(11)14-5-3-4-13(8-14)24-12(2)28/h3-10,25H,1-2H3,(H,24,28). The Kier molecular flexibility index (Phi) is 4.79. The van der Waals surface area contributed by atoms with Gasteiger partial charge < -0.3 is 5.32 Å². The minimum atomic E-state index is -0.598. The highest BCUT2D eigenvalue weighted by Gasteiger charge is 2.17. The predicted molar refractivity (Wildman–Crippen MR) is 114 cm³/mol. The lowest BCUT2D eigenvalue weighted by Gasteiger charge is -2.12. The van der Waals surface area contributed by atoms with E-state index in [9.17, 15) is 18.8 Å². The third-order valence-electron chi connectivity index (χ3n) is 4.69. The fraction of sp³-hybridized carbons (Fsp3) is 0.0952. The van der Waals surface area contributed by atoms with Crippen molar-refractivity contribution in [3.05, 3.63) is 85.8 Å². The summed E-state index contributed by atoms with van der Waals surface area (Å²) in [5.74, 6) is -0.836. The number of carbonyl (C=O) groups excluding carboxylic acids is 1. The Bertz CT molecular complexity index is 1430. The molecule has 1 amide bonds. The van der Waals surface area contributed by atoms with Gasteiger partial charge in [0.2, 0.25) is 5.91 Å². The second kappa shape index (κ2) is 7.31. The van der Waals surface area contributed by atoms with E-state index in [1.165, 1.54) is 34.4 Å². The van der Waals surface area contributed by atoms with Gasteiger partial charge in [-0.15, -0.1) is 0 Å². The molecule has 152 valence electrons. The van der Waals surface area contributed by atoms with E-state index >= 15 is 0 Å². The van der Waals surface area contributed by atoms with Crippen LogP contribution in [0.4, 0.5) is 10.1 Å². The molecule has 0 spiro atoms. The first-order valence-electron chi connectivity index (χ1n) is 8.97. The highest BCUT2D eigenvalue weighted by Crippen LogP contribution is 2.21. The molecule has 30 heavy (non-hydrogen) atoms. The third kappa shape index (κ3) is 3.31. The van der Waals surface area contributed by atoms with Crippen molar-refractivity contribution in [2.45, 2.75) is 13.8 Å². The fourth-order valence-electron chi connectivity index (χ4n) is 3.43. The van der Waals surface area contributed by atoms with E-state index in [0.29, 0.717) is 33.7 Å². The van der Waals surface area contributed by atoms with Crippen LogP contribution in [-0.4, -0.2) is 20.3 Å². The Hall–Kier alpha value is -3.65. The third-order valence-corrected chi connectivity index (χ3v) is 4.98. The van der Waals surface area contributed by atoms with Gasteiger partial charge in [-0.1, -0.05) is 17.7 Å². The van der Waals surface area contributed by atoms with Gasteiger partial charge in [0.15, 0.2) is 0 Å². The summed E-state index contributed by atoms with van der Waals surface area (Å²) in [4.78, 5) is 37.2. The van der Waals surface area contributed by atoms with Crippen LogP contribution < -0.4 is 16.4 Å². The number of halogens is 2. The number of amides is 1. The number of anilines is 1. The second-order valence-corrected chi connectivity index (χ2v) is 7.18. The quantitative estimate of drug-likeness (QED) is 0.525. The zero-order valence-corrected chi connectivity index (χ0v) is 16.7. The average molecular weight is 427 g/mol. The van der Waals surface area contributed by atoms with Crippen LogP contribution in [0.3, 0.4) is 0 Å². The number of hydrogen-bond donors (Lipinski definition) is 2. The molecule has 7 nitrogen and oxygen atoms in total. The van der Waals surface area contributed by atoms with E-state index in [0.717, 1.165) is 6.07 Å². The highest BCUT2D eigenvalue weighted by molar-refractivity contribution is 6.30. The van der Waals surface area contributed by atoms with Gasteiger partial charge in [0, 0.05) is 24.4 Å². The number of hydrogen-bond acceptors (Lipinski definition) is 3. The fourth-order valence-corrected chi connectivity index (χ4v) is 3.60. The molecule has 0 aliphatic carbocycles. The molecule has 4 rings (SSSR count). The molecule has 0 radical (unpaired) electrons.